The molecule has 17 heavy (non-hydrogen) atoms. The molecule has 0 bridgehead atoms. The van der Waals surface area contributed by atoms with E-state index in [1.54, 1.807) is 0 Å². The highest BCUT2D eigenvalue weighted by molar-refractivity contribution is 5.81. The number of rotatable bonds is 1. The fourth-order valence-electron chi connectivity index (χ4n) is 3.80. The van der Waals surface area contributed by atoms with E-state index in [9.17, 15) is 4.79 Å². The van der Waals surface area contributed by atoms with Crippen LogP contribution in [0.15, 0.2) is 0 Å². The Labute approximate surface area is 104 Å². The molecule has 0 aromatic heterocycles. The Morgan fingerprint density at radius 1 is 1.06 bits per heavy atom. The van der Waals surface area contributed by atoms with Crippen LogP contribution in [0.5, 0.6) is 0 Å². The summed E-state index contributed by atoms with van der Waals surface area (Å²) in [6.45, 7) is 2.71. The summed E-state index contributed by atoms with van der Waals surface area (Å²) in [6, 6.07) is 0. The van der Waals surface area contributed by atoms with E-state index in [1.165, 1.54) is 38.5 Å². The highest BCUT2D eigenvalue weighted by atomic mass is 16.5. The van der Waals surface area contributed by atoms with Gasteiger partial charge in [0.25, 0.3) is 5.91 Å². The van der Waals surface area contributed by atoms with Gasteiger partial charge in [-0.25, -0.2) is 0 Å². The van der Waals surface area contributed by atoms with Crippen molar-refractivity contribution in [1.82, 2.24) is 4.90 Å². The number of amides is 1. The zero-order chi connectivity index (χ0) is 11.7. The molecule has 3 aliphatic rings. The second kappa shape index (κ2) is 4.60. The van der Waals surface area contributed by atoms with Gasteiger partial charge < -0.3 is 9.64 Å². The lowest BCUT2D eigenvalue weighted by atomic mass is 9.77. The Morgan fingerprint density at radius 2 is 1.76 bits per heavy atom. The topological polar surface area (TPSA) is 29.5 Å². The molecule has 3 rings (SSSR count). The monoisotopic (exact) mass is 237 g/mol. The summed E-state index contributed by atoms with van der Waals surface area (Å²) in [6.07, 6.45) is 9.92. The Balaban J connectivity index is 1.55. The third-order valence-electron chi connectivity index (χ3n) is 5.01. The number of hydrogen-bond acceptors (Lipinski definition) is 2. The summed E-state index contributed by atoms with van der Waals surface area (Å²) in [5, 5.41) is 0. The molecule has 2 aliphatic heterocycles. The van der Waals surface area contributed by atoms with Crippen molar-refractivity contribution in [2.24, 2.45) is 5.41 Å². The third-order valence-corrected chi connectivity index (χ3v) is 5.01. The van der Waals surface area contributed by atoms with E-state index in [-0.39, 0.29) is 12.0 Å². The Hall–Kier alpha value is -0.570. The first-order chi connectivity index (χ1) is 8.29. The van der Waals surface area contributed by atoms with Gasteiger partial charge in [0, 0.05) is 19.7 Å². The molecule has 3 heteroatoms. The number of piperidine rings is 1. The second-order valence-corrected chi connectivity index (χ2v) is 6.03. The maximum atomic E-state index is 12.2. The number of carbonyl (C=O) groups is 1. The molecule has 1 aliphatic carbocycles. The molecule has 96 valence electrons. The van der Waals surface area contributed by atoms with Crippen LogP contribution < -0.4 is 0 Å². The van der Waals surface area contributed by atoms with Gasteiger partial charge in [-0.15, -0.1) is 0 Å². The Bertz CT molecular complexity index is 281. The van der Waals surface area contributed by atoms with E-state index in [2.05, 4.69) is 4.90 Å². The molecule has 3 fully saturated rings. The zero-order valence-electron chi connectivity index (χ0n) is 10.6. The fourth-order valence-corrected chi connectivity index (χ4v) is 3.80. The van der Waals surface area contributed by atoms with Crippen molar-refractivity contribution in [2.45, 2.75) is 57.5 Å². The molecule has 1 saturated carbocycles. The van der Waals surface area contributed by atoms with Gasteiger partial charge in [0.2, 0.25) is 0 Å². The van der Waals surface area contributed by atoms with Gasteiger partial charge in [-0.05, 0) is 43.9 Å². The average molecular weight is 237 g/mol. The maximum Gasteiger partial charge on any atom is 0.251 e. The maximum absolute atomic E-state index is 12.2. The first kappa shape index (κ1) is 11.5. The molecule has 1 amide bonds. The lowest BCUT2D eigenvalue weighted by Crippen LogP contribution is -2.46. The molecule has 0 radical (unpaired) electrons. The Kier molecular flexibility index (Phi) is 3.12. The van der Waals surface area contributed by atoms with Crippen LogP contribution in [0, 0.1) is 5.41 Å². The van der Waals surface area contributed by atoms with Crippen LogP contribution in [0.4, 0.5) is 0 Å². The summed E-state index contributed by atoms with van der Waals surface area (Å²) in [5.74, 6) is 0.260. The summed E-state index contributed by atoms with van der Waals surface area (Å²) in [4.78, 5) is 14.3. The zero-order valence-corrected chi connectivity index (χ0v) is 10.6. The van der Waals surface area contributed by atoms with Crippen LogP contribution in [0.2, 0.25) is 0 Å². The van der Waals surface area contributed by atoms with Crippen LogP contribution in [-0.2, 0) is 9.53 Å². The van der Waals surface area contributed by atoms with Gasteiger partial charge in [-0.3, -0.25) is 4.79 Å². The van der Waals surface area contributed by atoms with Crippen LogP contribution in [0.25, 0.3) is 0 Å². The molecule has 2 saturated heterocycles. The lowest BCUT2D eigenvalue weighted by molar-refractivity contribution is -0.143. The Morgan fingerprint density at radius 3 is 2.35 bits per heavy atom. The quantitative estimate of drug-likeness (QED) is 0.700. The SMILES string of the molecule is O=C(C1CCCO1)N1CCC2(CCCC2)CC1. The van der Waals surface area contributed by atoms with Crippen LogP contribution in [0.1, 0.15) is 51.4 Å². The molecule has 0 aromatic carbocycles. The number of hydrogen-bond donors (Lipinski definition) is 0. The molecule has 0 aromatic rings. The fraction of sp³-hybridized carbons (Fsp3) is 0.929. The number of nitrogens with zero attached hydrogens (tertiary/aromatic N) is 1. The predicted molar refractivity (Wildman–Crippen MR) is 65.7 cm³/mol. The van der Waals surface area contributed by atoms with Crippen molar-refractivity contribution in [3.63, 3.8) is 0 Å². The molecule has 2 heterocycles. The summed E-state index contributed by atoms with van der Waals surface area (Å²) >= 11 is 0. The van der Waals surface area contributed by atoms with Crippen molar-refractivity contribution >= 4 is 5.91 Å². The number of carbonyl (C=O) groups excluding carboxylic acids is 1. The standard InChI is InChI=1S/C14H23NO2/c16-13(12-4-3-11-17-12)15-9-7-14(8-10-15)5-1-2-6-14/h12H,1-11H2. The minimum atomic E-state index is -0.118. The lowest BCUT2D eigenvalue weighted by Gasteiger charge is -2.40. The normalized spacial score (nSPS) is 32.2. The minimum Gasteiger partial charge on any atom is -0.368 e. The van der Waals surface area contributed by atoms with Crippen molar-refractivity contribution in [3.8, 4) is 0 Å². The van der Waals surface area contributed by atoms with Crippen LogP contribution >= 0.6 is 0 Å². The van der Waals surface area contributed by atoms with E-state index in [1.807, 2.05) is 0 Å². The number of ether oxygens (including phenoxy) is 1. The average Bonchev–Trinajstić information content (AvgIpc) is 3.01. The van der Waals surface area contributed by atoms with Gasteiger partial charge in [-0.1, -0.05) is 12.8 Å². The van der Waals surface area contributed by atoms with Gasteiger partial charge in [0.1, 0.15) is 6.10 Å². The van der Waals surface area contributed by atoms with Gasteiger partial charge >= 0.3 is 0 Å². The largest absolute Gasteiger partial charge is 0.368 e. The van der Waals surface area contributed by atoms with E-state index in [0.717, 1.165) is 32.5 Å². The minimum absolute atomic E-state index is 0.118. The van der Waals surface area contributed by atoms with Crippen molar-refractivity contribution in [3.05, 3.63) is 0 Å². The van der Waals surface area contributed by atoms with Crippen LogP contribution in [0.3, 0.4) is 0 Å². The molecule has 0 N–H and O–H groups in total. The molecule has 3 nitrogen and oxygen atoms in total. The van der Waals surface area contributed by atoms with E-state index in [0.29, 0.717) is 5.41 Å². The first-order valence-corrected chi connectivity index (χ1v) is 7.20. The van der Waals surface area contributed by atoms with E-state index < -0.39 is 0 Å². The molecular formula is C14H23NO2. The summed E-state index contributed by atoms with van der Waals surface area (Å²) in [5.41, 5.74) is 0.604. The first-order valence-electron chi connectivity index (χ1n) is 7.20. The van der Waals surface area contributed by atoms with Gasteiger partial charge in [0.05, 0.1) is 0 Å². The molecule has 1 atom stereocenters. The van der Waals surface area contributed by atoms with Crippen molar-refractivity contribution < 1.29 is 9.53 Å². The van der Waals surface area contributed by atoms with E-state index >= 15 is 0 Å². The van der Waals surface area contributed by atoms with Gasteiger partial charge in [-0.2, -0.15) is 0 Å². The van der Waals surface area contributed by atoms with Gasteiger partial charge in [0.15, 0.2) is 0 Å². The third kappa shape index (κ3) is 2.22. The van der Waals surface area contributed by atoms with Crippen LogP contribution in [-0.4, -0.2) is 36.6 Å². The molecule has 1 spiro atoms. The smallest absolute Gasteiger partial charge is 0.251 e. The second-order valence-electron chi connectivity index (χ2n) is 6.03. The summed E-state index contributed by atoms with van der Waals surface area (Å²) < 4.78 is 5.49. The highest BCUT2D eigenvalue weighted by Crippen LogP contribution is 2.46. The van der Waals surface area contributed by atoms with E-state index in [4.69, 9.17) is 4.74 Å². The predicted octanol–water partition coefficient (Wildman–Crippen LogP) is 2.35. The van der Waals surface area contributed by atoms with Crippen molar-refractivity contribution in [1.29, 1.82) is 0 Å². The number of likely N-dealkylation sites (tertiary alicyclic amines) is 1. The molecular weight excluding hydrogens is 214 g/mol. The summed E-state index contributed by atoms with van der Waals surface area (Å²) in [7, 11) is 0. The van der Waals surface area contributed by atoms with Crippen molar-refractivity contribution in [2.75, 3.05) is 19.7 Å². The molecule has 1 unspecified atom stereocenters. The highest BCUT2D eigenvalue weighted by Gasteiger charge is 2.39.